The topological polar surface area (TPSA) is 407 Å². The summed E-state index contributed by atoms with van der Waals surface area (Å²) in [6, 6.07) is 32.4. The zero-order chi connectivity index (χ0) is 99.3. The van der Waals surface area contributed by atoms with Crippen molar-refractivity contribution in [2.45, 2.75) is 271 Å². The number of rotatable bonds is 28. The Hall–Kier alpha value is -13.1. The molecule has 14 aromatic rings. The van der Waals surface area contributed by atoms with Crippen molar-refractivity contribution in [3.8, 4) is 0 Å². The summed E-state index contributed by atoms with van der Waals surface area (Å²) in [5.74, 6) is 1.20. The van der Waals surface area contributed by atoms with Crippen molar-refractivity contribution in [2.75, 3.05) is 59.8 Å². The van der Waals surface area contributed by atoms with E-state index in [-0.39, 0.29) is 85.2 Å². The van der Waals surface area contributed by atoms with Gasteiger partial charge in [-0.2, -0.15) is 9.37 Å². The molecule has 34 nitrogen and oxygen atoms in total. The van der Waals surface area contributed by atoms with Gasteiger partial charge in [-0.15, -0.1) is 0 Å². The van der Waals surface area contributed by atoms with Crippen LogP contribution < -0.4 is 31.9 Å². The zero-order valence-corrected chi connectivity index (χ0v) is 82.2. The van der Waals surface area contributed by atoms with Gasteiger partial charge in [0.15, 0.2) is 33.9 Å². The molecule has 5 saturated carbocycles. The Morgan fingerprint density at radius 1 is 0.410 bits per heavy atom. The Labute approximate surface area is 809 Å². The number of nitrogens with one attached hydrogen (secondary N) is 6. The highest BCUT2D eigenvalue weighted by Gasteiger charge is 2.35. The van der Waals surface area contributed by atoms with Crippen molar-refractivity contribution in [3.05, 3.63) is 178 Å². The van der Waals surface area contributed by atoms with Gasteiger partial charge in [0, 0.05) is 81.7 Å². The highest BCUT2D eigenvalue weighted by molar-refractivity contribution is 6.29. The first-order chi connectivity index (χ1) is 66.3. The van der Waals surface area contributed by atoms with Crippen LogP contribution in [-0.4, -0.2) is 172 Å². The maximum Gasteiger partial charge on any atom is 0.231 e. The Morgan fingerprint density at radius 3 is 1.12 bits per heavy atom. The monoisotopic (exact) mass is 1920 g/mol. The average molecular weight is 1930 g/mol. The molecule has 0 radical (unpaired) electrons. The normalized spacial score (nSPS) is 14.6. The largest absolute Gasteiger partial charge is 0.390 e. The average Bonchev–Trinajstić information content (AvgIpc) is 1.67. The van der Waals surface area contributed by atoms with Gasteiger partial charge < -0.3 is 19.3 Å². The molecule has 7 N–H and O–H groups in total. The highest BCUT2D eigenvalue weighted by Crippen LogP contribution is 2.43. The molecule has 5 fully saturated rings. The summed E-state index contributed by atoms with van der Waals surface area (Å²) in [6.45, 7) is 23.2. The number of hydrogen-bond acceptors (Lipinski definition) is 22. The van der Waals surface area contributed by atoms with Crippen molar-refractivity contribution in [1.82, 2.24) is 87.2 Å². The Bertz CT molecular complexity index is 6610. The van der Waals surface area contributed by atoms with Crippen LogP contribution >= 0.6 is 11.6 Å². The fraction of sp³-hybridized carbons (Fsp3) is 0.465. The number of pyridine rings is 6. The number of fused-ring (bicyclic) bond motifs is 6. The first kappa shape index (κ1) is 102. The second kappa shape index (κ2) is 44.8. The summed E-state index contributed by atoms with van der Waals surface area (Å²) in [4.78, 5) is 127. The molecule has 12 aromatic heterocycles. The van der Waals surface area contributed by atoms with Crippen LogP contribution in [0.1, 0.15) is 241 Å². The van der Waals surface area contributed by atoms with Crippen LogP contribution in [0.25, 0.3) is 67.0 Å². The quantitative estimate of drug-likeness (QED) is 0.0224. The minimum absolute atomic E-state index is 0.0240. The van der Waals surface area contributed by atoms with E-state index < -0.39 is 22.8 Å². The van der Waals surface area contributed by atoms with Gasteiger partial charge in [-0.3, -0.25) is 88.1 Å². The third-order valence-corrected chi connectivity index (χ3v) is 25.1. The van der Waals surface area contributed by atoms with Crippen LogP contribution in [0.3, 0.4) is 0 Å². The van der Waals surface area contributed by atoms with Crippen LogP contribution in [0, 0.1) is 51.2 Å². The lowest BCUT2D eigenvalue weighted by Gasteiger charge is -2.29. The van der Waals surface area contributed by atoms with E-state index in [0.29, 0.717) is 124 Å². The van der Waals surface area contributed by atoms with E-state index >= 15 is 0 Å². The summed E-state index contributed by atoms with van der Waals surface area (Å²) < 4.78 is 68.0. The second-order valence-corrected chi connectivity index (χ2v) is 38.9. The second-order valence-electron chi connectivity index (χ2n) is 38.6. The Balaban J connectivity index is 0.000000133. The fourth-order valence-corrected chi connectivity index (χ4v) is 16.9. The lowest BCUT2D eigenvalue weighted by molar-refractivity contribution is -0.122. The predicted molar refractivity (Wildman–Crippen MR) is 529 cm³/mol. The third-order valence-electron chi connectivity index (χ3n) is 24.9. The summed E-state index contributed by atoms with van der Waals surface area (Å²) >= 11 is 5.97. The van der Waals surface area contributed by atoms with Gasteiger partial charge in [0.05, 0.1) is 62.1 Å². The first-order valence-electron chi connectivity index (χ1n) is 47.4. The molecule has 38 heteroatoms. The molecule has 0 bridgehead atoms. The predicted octanol–water partition coefficient (Wildman–Crippen LogP) is 19.1. The fourth-order valence-electron chi connectivity index (χ4n) is 16.7. The molecular formula is C101H124ClF3N24O10. The zero-order valence-electron chi connectivity index (χ0n) is 81.5. The van der Waals surface area contributed by atoms with E-state index in [9.17, 15) is 47.0 Å². The van der Waals surface area contributed by atoms with Crippen molar-refractivity contribution < 1.29 is 61.3 Å². The molecule has 0 aliphatic heterocycles. The van der Waals surface area contributed by atoms with Gasteiger partial charge >= 0.3 is 0 Å². The van der Waals surface area contributed by atoms with Gasteiger partial charge in [-0.25, -0.2) is 63.6 Å². The number of carbonyl (C=O) groups is 6. The number of anilines is 6. The van der Waals surface area contributed by atoms with E-state index in [4.69, 9.17) is 25.8 Å². The number of hydrogen-bond donors (Lipinski definition) is 7. The van der Waals surface area contributed by atoms with Crippen molar-refractivity contribution in [1.29, 1.82) is 0 Å². The minimum atomic E-state index is -1.04. The molecule has 736 valence electrons. The van der Waals surface area contributed by atoms with Gasteiger partial charge in [0.1, 0.15) is 49.9 Å². The number of ether oxygens (including phenoxy) is 3. The lowest BCUT2D eigenvalue weighted by Crippen LogP contribution is -2.30. The molecule has 0 spiro atoms. The van der Waals surface area contributed by atoms with Gasteiger partial charge in [0.2, 0.25) is 77.1 Å². The maximum atomic E-state index is 13.5. The molecular weight excluding hydrogens is 1800 g/mol. The van der Waals surface area contributed by atoms with E-state index in [1.165, 1.54) is 56.0 Å². The number of carbonyl (C=O) groups excluding carboxylic acids is 6. The van der Waals surface area contributed by atoms with Crippen LogP contribution in [-0.2, 0) is 62.4 Å². The Kier molecular flexibility index (Phi) is 32.8. The number of nitrogens with zero attached hydrogens (tertiary/aromatic N) is 18. The number of aromatic nitrogens is 18. The molecule has 19 rings (SSSR count). The first-order valence-corrected chi connectivity index (χ1v) is 47.8. The standard InChI is InChI=1S/C19H19FN4O.C18H18ClFN4O2.C17H24N4O2.C16H21FN4O2.C16H22N4O2.C15H20N4O/c1-12-8-13(10-14(20)9-12)11-17(25)23-19-22-16-6-3-7-21-18(16)24(19)15-4-2-5-15;1-11-7-12(9-13(20)8-11)10-16(25)23-18-21-14-3-4-15(19)22-17(14)24(18)5-6-26-2;1-11-8-9-13-15(18-11)21(12-6-5-7-12)16(19-13)20-14(22)10-17(2,3)23-4;1-16(2,23-3)9-13(22)20-15-18-11-7-8-12(17)19-14(11)21(15)10-5-4-6-10;1-10-7-8-12-14(17-10)20(11-5-4-6-11)15(18-12)19-13(21)9-16(2,3)22;1-10(2)9-13(20)18-15-17-12-7-4-8-16-14(12)19(15)11-5-3-6-11/h3,6-10,15H,2,4-5,11H2,1H3,(H,22,23,25);3-4,7-9H,5-6,10H2,1-2H3,(H,21,23,25);8-9,12H,5-7,10H2,1-4H3,(H,19,20,22);7-8,10H,4-6,9H2,1-3H3,(H,18,20,22);7-8,11,22H,4-6,9H2,1-3H3,(H,18,19,21);4,7-8,10-11H,3,5-6,9H2,1-2H3,(H,17,18,20). The number of aryl methyl sites for hydroxylation is 4. The number of amides is 6. The smallest absolute Gasteiger partial charge is 0.231 e. The Morgan fingerprint density at radius 2 is 0.748 bits per heavy atom. The number of imidazole rings is 6. The molecule has 139 heavy (non-hydrogen) atoms. The van der Waals surface area contributed by atoms with E-state index in [1.54, 1.807) is 83.3 Å². The number of methoxy groups -OCH3 is 3. The van der Waals surface area contributed by atoms with Crippen LogP contribution in [0.2, 0.25) is 5.15 Å². The lowest BCUT2D eigenvalue weighted by atomic mass is 9.93. The number of aliphatic hydroxyl groups is 1. The van der Waals surface area contributed by atoms with E-state index in [1.807, 2.05) is 131 Å². The summed E-state index contributed by atoms with van der Waals surface area (Å²) in [7, 11) is 4.78. The van der Waals surface area contributed by atoms with Crippen molar-refractivity contribution >= 4 is 150 Å². The highest BCUT2D eigenvalue weighted by atomic mass is 35.5. The summed E-state index contributed by atoms with van der Waals surface area (Å²) in [5, 5.41) is 27.3. The number of benzene rings is 2. The van der Waals surface area contributed by atoms with Crippen molar-refractivity contribution in [3.63, 3.8) is 0 Å². The van der Waals surface area contributed by atoms with Gasteiger partial charge in [-0.1, -0.05) is 37.6 Å². The van der Waals surface area contributed by atoms with Gasteiger partial charge in [0.25, 0.3) is 0 Å². The van der Waals surface area contributed by atoms with E-state index in [0.717, 1.165) is 138 Å². The van der Waals surface area contributed by atoms with Crippen LogP contribution in [0.5, 0.6) is 0 Å². The van der Waals surface area contributed by atoms with Crippen LogP contribution in [0.15, 0.2) is 122 Å². The van der Waals surface area contributed by atoms with E-state index in [2.05, 4.69) is 101 Å². The molecule has 0 unspecified atom stereocenters. The molecule has 2 aromatic carbocycles. The molecule has 5 aliphatic rings. The molecule has 0 saturated heterocycles. The summed E-state index contributed by atoms with van der Waals surface area (Å²) in [6.07, 6.45) is 21.3. The molecule has 5 aliphatic carbocycles. The van der Waals surface area contributed by atoms with Crippen molar-refractivity contribution in [2.24, 2.45) is 5.92 Å². The third kappa shape index (κ3) is 26.3. The minimum Gasteiger partial charge on any atom is -0.390 e. The maximum absolute atomic E-state index is 13.5. The molecule has 6 amide bonds. The number of halogens is 4. The SMILES string of the molecule is CC(C)CC(=O)Nc1nc2cccnc2n1C1CCC1.COC(C)(C)CC(=O)Nc1nc2ccc(C)nc2n1C1CCC1.COC(C)(C)CC(=O)Nc1nc2ccc(F)nc2n1C1CCC1.COCCn1c(NC(=O)Cc2cc(C)cc(F)c2)nc2ccc(Cl)nc21.Cc1cc(F)cc(CC(=O)Nc2nc3cccnc3n2C2CCC2)c1.Cc1ccc2nc(NC(=O)CC(C)(C)O)n(C3CCC3)c2n1. The van der Waals surface area contributed by atoms with Gasteiger partial charge in [-0.05, 0) is 291 Å². The molecule has 12 heterocycles. The molecule has 0 atom stereocenters. The van der Waals surface area contributed by atoms with Crippen LogP contribution in [0.4, 0.5) is 48.9 Å². The summed E-state index contributed by atoms with van der Waals surface area (Å²) in [5.41, 5.74) is 11.4.